The summed E-state index contributed by atoms with van der Waals surface area (Å²) >= 11 is 6.16. The molecule has 27 heavy (non-hydrogen) atoms. The van der Waals surface area contributed by atoms with Crippen molar-refractivity contribution in [3.05, 3.63) is 58.9 Å². The van der Waals surface area contributed by atoms with Gasteiger partial charge in [-0.1, -0.05) is 31.5 Å². The van der Waals surface area contributed by atoms with Gasteiger partial charge in [0.2, 0.25) is 0 Å². The van der Waals surface area contributed by atoms with Gasteiger partial charge in [0.05, 0.1) is 5.69 Å². The van der Waals surface area contributed by atoms with Crippen LogP contribution >= 0.6 is 11.6 Å². The molecule has 0 aliphatic carbocycles. The Kier molecular flexibility index (Phi) is 6.01. The van der Waals surface area contributed by atoms with Crippen molar-refractivity contribution in [3.8, 4) is 17.1 Å². The van der Waals surface area contributed by atoms with Crippen LogP contribution in [0.15, 0.2) is 46.9 Å². The van der Waals surface area contributed by atoms with E-state index in [1.54, 1.807) is 22.9 Å². The molecule has 5 nitrogen and oxygen atoms in total. The molecular weight excluding hydrogens is 362 g/mol. The number of hydrogen-bond donors (Lipinski definition) is 0. The molecule has 0 saturated carbocycles. The van der Waals surface area contributed by atoms with Gasteiger partial charge in [0.15, 0.2) is 5.76 Å². The van der Waals surface area contributed by atoms with Crippen molar-refractivity contribution in [2.45, 2.75) is 33.6 Å². The first kappa shape index (κ1) is 19.2. The van der Waals surface area contributed by atoms with Gasteiger partial charge in [0.25, 0.3) is 5.91 Å². The summed E-state index contributed by atoms with van der Waals surface area (Å²) in [5.41, 5.74) is 1.87. The van der Waals surface area contributed by atoms with Gasteiger partial charge < -0.3 is 9.32 Å². The Morgan fingerprint density at radius 3 is 2.48 bits per heavy atom. The molecule has 0 aliphatic heterocycles. The predicted molar refractivity (Wildman–Crippen MR) is 107 cm³/mol. The highest BCUT2D eigenvalue weighted by Crippen LogP contribution is 2.25. The summed E-state index contributed by atoms with van der Waals surface area (Å²) in [6.45, 7) is 7.45. The molecule has 2 aromatic heterocycles. The molecule has 0 bridgehead atoms. The maximum absolute atomic E-state index is 13.3. The molecule has 3 rings (SSSR count). The minimum absolute atomic E-state index is 0.0410. The molecule has 6 heteroatoms. The van der Waals surface area contributed by atoms with Gasteiger partial charge in [0, 0.05) is 24.2 Å². The molecule has 0 fully saturated rings. The largest absolute Gasteiger partial charge is 0.460 e. The Morgan fingerprint density at radius 1 is 1.15 bits per heavy atom. The lowest BCUT2D eigenvalue weighted by atomic mass is 10.2. The monoisotopic (exact) mass is 385 g/mol. The van der Waals surface area contributed by atoms with Crippen LogP contribution in [-0.4, -0.2) is 33.7 Å². The van der Waals surface area contributed by atoms with Gasteiger partial charge in [-0.05, 0) is 50.1 Å². The van der Waals surface area contributed by atoms with Crippen molar-refractivity contribution < 1.29 is 9.21 Å². The summed E-state index contributed by atoms with van der Waals surface area (Å²) in [6, 6.07) is 12.9. The minimum atomic E-state index is -0.0410. The van der Waals surface area contributed by atoms with Crippen LogP contribution in [0.25, 0.3) is 17.1 Å². The topological polar surface area (TPSA) is 51.3 Å². The van der Waals surface area contributed by atoms with E-state index in [4.69, 9.17) is 16.0 Å². The molecule has 1 aromatic carbocycles. The van der Waals surface area contributed by atoms with Crippen LogP contribution in [0.5, 0.6) is 0 Å². The van der Waals surface area contributed by atoms with Crippen LogP contribution in [0.2, 0.25) is 5.02 Å². The number of amides is 1. The van der Waals surface area contributed by atoms with Crippen LogP contribution in [0.3, 0.4) is 0 Å². The van der Waals surface area contributed by atoms with E-state index in [9.17, 15) is 4.79 Å². The first-order valence-electron chi connectivity index (χ1n) is 9.25. The van der Waals surface area contributed by atoms with Crippen LogP contribution < -0.4 is 0 Å². The molecule has 1 amide bonds. The zero-order valence-corrected chi connectivity index (χ0v) is 16.7. The zero-order chi connectivity index (χ0) is 19.4. The van der Waals surface area contributed by atoms with Crippen LogP contribution in [0.1, 0.15) is 42.9 Å². The van der Waals surface area contributed by atoms with E-state index in [2.05, 4.69) is 18.9 Å². The van der Waals surface area contributed by atoms with Gasteiger partial charge >= 0.3 is 0 Å². The first-order chi connectivity index (χ1) is 13.0. The van der Waals surface area contributed by atoms with E-state index in [1.807, 2.05) is 36.1 Å². The number of furan rings is 1. The highest BCUT2D eigenvalue weighted by molar-refractivity contribution is 6.30. The van der Waals surface area contributed by atoms with Crippen LogP contribution in [0, 0.1) is 6.92 Å². The molecule has 0 atom stereocenters. The predicted octanol–water partition coefficient (Wildman–Crippen LogP) is 5.36. The number of aromatic nitrogens is 2. The fraction of sp³-hybridized carbons (Fsp3) is 0.333. The Hall–Kier alpha value is -2.53. The lowest BCUT2D eigenvalue weighted by Gasteiger charge is -2.21. The Balaban J connectivity index is 2.09. The normalized spacial score (nSPS) is 11.0. The average molecular weight is 386 g/mol. The van der Waals surface area contributed by atoms with Crippen molar-refractivity contribution in [1.82, 2.24) is 14.7 Å². The van der Waals surface area contributed by atoms with Gasteiger partial charge in [-0.25, -0.2) is 4.68 Å². The molecule has 3 aromatic rings. The van der Waals surface area contributed by atoms with E-state index >= 15 is 0 Å². The van der Waals surface area contributed by atoms with Gasteiger partial charge in [-0.2, -0.15) is 5.10 Å². The van der Waals surface area contributed by atoms with Crippen molar-refractivity contribution in [3.63, 3.8) is 0 Å². The number of carbonyl (C=O) groups is 1. The molecule has 0 spiro atoms. The number of carbonyl (C=O) groups excluding carboxylic acids is 1. The zero-order valence-electron chi connectivity index (χ0n) is 15.9. The molecular formula is C21H24ClN3O2. The lowest BCUT2D eigenvalue weighted by molar-refractivity contribution is 0.0746. The standard InChI is InChI=1S/C21H24ClN3O2/c1-4-11-24(12-5-2)21(26)19-14-18(20-10-9-15(3)27-20)23-25(19)17-8-6-7-16(22)13-17/h6-10,13-14H,4-5,11-12H2,1-3H3. The summed E-state index contributed by atoms with van der Waals surface area (Å²) in [6.07, 6.45) is 1.81. The van der Waals surface area contributed by atoms with Crippen molar-refractivity contribution in [2.75, 3.05) is 13.1 Å². The highest BCUT2D eigenvalue weighted by atomic mass is 35.5. The summed E-state index contributed by atoms with van der Waals surface area (Å²) in [5, 5.41) is 5.24. The molecule has 0 radical (unpaired) electrons. The molecule has 0 unspecified atom stereocenters. The average Bonchev–Trinajstić information content (AvgIpc) is 3.27. The third-order valence-corrected chi connectivity index (χ3v) is 4.48. The van der Waals surface area contributed by atoms with E-state index in [1.165, 1.54) is 0 Å². The third-order valence-electron chi connectivity index (χ3n) is 4.25. The molecule has 0 aliphatic rings. The molecule has 0 saturated heterocycles. The maximum atomic E-state index is 13.3. The maximum Gasteiger partial charge on any atom is 0.272 e. The Labute approximate surface area is 164 Å². The van der Waals surface area contributed by atoms with E-state index in [0.717, 1.165) is 24.3 Å². The quantitative estimate of drug-likeness (QED) is 0.550. The van der Waals surface area contributed by atoms with Crippen molar-refractivity contribution in [2.24, 2.45) is 0 Å². The first-order valence-corrected chi connectivity index (χ1v) is 9.63. The second-order valence-corrected chi connectivity index (χ2v) is 6.95. The summed E-state index contributed by atoms with van der Waals surface area (Å²) in [5.74, 6) is 1.40. The third kappa shape index (κ3) is 4.25. The van der Waals surface area contributed by atoms with Crippen molar-refractivity contribution >= 4 is 17.5 Å². The smallest absolute Gasteiger partial charge is 0.272 e. The molecule has 2 heterocycles. The summed E-state index contributed by atoms with van der Waals surface area (Å²) in [4.78, 5) is 15.1. The Bertz CT molecular complexity index is 923. The molecule has 0 N–H and O–H groups in total. The van der Waals surface area contributed by atoms with E-state index < -0.39 is 0 Å². The fourth-order valence-electron chi connectivity index (χ4n) is 3.05. The highest BCUT2D eigenvalue weighted by Gasteiger charge is 2.23. The SMILES string of the molecule is CCCN(CCC)C(=O)c1cc(-c2ccc(C)o2)nn1-c1cccc(Cl)c1. The van der Waals surface area contributed by atoms with Gasteiger partial charge in [-0.3, -0.25) is 4.79 Å². The number of hydrogen-bond acceptors (Lipinski definition) is 3. The van der Waals surface area contributed by atoms with Gasteiger partial charge in [-0.15, -0.1) is 0 Å². The lowest BCUT2D eigenvalue weighted by Crippen LogP contribution is -2.33. The van der Waals surface area contributed by atoms with Crippen LogP contribution in [-0.2, 0) is 0 Å². The van der Waals surface area contributed by atoms with E-state index in [0.29, 0.717) is 35.3 Å². The number of nitrogens with zero attached hydrogens (tertiary/aromatic N) is 3. The number of benzene rings is 1. The number of aryl methyl sites for hydroxylation is 1. The molecule has 142 valence electrons. The second kappa shape index (κ2) is 8.44. The van der Waals surface area contributed by atoms with Crippen molar-refractivity contribution in [1.29, 1.82) is 0 Å². The summed E-state index contributed by atoms with van der Waals surface area (Å²) in [7, 11) is 0. The number of halogens is 1. The van der Waals surface area contributed by atoms with E-state index in [-0.39, 0.29) is 5.91 Å². The van der Waals surface area contributed by atoms with Gasteiger partial charge in [0.1, 0.15) is 17.1 Å². The summed E-state index contributed by atoms with van der Waals surface area (Å²) < 4.78 is 7.36. The fourth-order valence-corrected chi connectivity index (χ4v) is 3.23. The second-order valence-electron chi connectivity index (χ2n) is 6.51. The van der Waals surface area contributed by atoms with Crippen LogP contribution in [0.4, 0.5) is 0 Å². The Morgan fingerprint density at radius 2 is 1.89 bits per heavy atom. The number of rotatable bonds is 7. The minimum Gasteiger partial charge on any atom is -0.460 e.